The normalized spacial score (nSPS) is 32.9. The van der Waals surface area contributed by atoms with E-state index in [9.17, 15) is 24.0 Å². The molecule has 3 N–H and O–H groups in total. The smallest absolute Gasteiger partial charge is 0.329 e. The minimum absolute atomic E-state index is 0.151. The van der Waals surface area contributed by atoms with Crippen LogP contribution in [0.3, 0.4) is 0 Å². The van der Waals surface area contributed by atoms with Gasteiger partial charge in [-0.15, -0.1) is 0 Å². The first kappa shape index (κ1) is 27.7. The Balaban J connectivity index is 2.45. The Hall–Kier alpha value is -1.57. The van der Waals surface area contributed by atoms with Gasteiger partial charge in [0.2, 0.25) is 23.6 Å². The Morgan fingerprint density at radius 2 is 1.58 bits per heavy atom. The summed E-state index contributed by atoms with van der Waals surface area (Å²) in [6.07, 6.45) is -0.151. The summed E-state index contributed by atoms with van der Waals surface area (Å²) in [5.74, 6) is -2.69. The molecule has 2 fully saturated rings. The number of nitrogens with zero attached hydrogens (tertiary/aromatic N) is 1. The van der Waals surface area contributed by atoms with Crippen molar-refractivity contribution in [2.75, 3.05) is 12.8 Å². The average molecular weight is 596 g/mol. The van der Waals surface area contributed by atoms with E-state index in [1.807, 2.05) is 29.5 Å². The van der Waals surface area contributed by atoms with E-state index in [1.165, 1.54) is 23.7 Å². The lowest BCUT2D eigenvalue weighted by Gasteiger charge is -2.32. The summed E-state index contributed by atoms with van der Waals surface area (Å²) in [7, 11) is 1.52. The summed E-state index contributed by atoms with van der Waals surface area (Å²) < 4.78 is 4.65. The van der Waals surface area contributed by atoms with Gasteiger partial charge in [0.05, 0.1) is 6.42 Å². The molecular formula is C21H33IN4O6S. The first-order chi connectivity index (χ1) is 15.3. The molecule has 186 valence electrons. The van der Waals surface area contributed by atoms with Crippen molar-refractivity contribution < 1.29 is 28.7 Å². The molecule has 0 aromatic heterocycles. The zero-order valence-electron chi connectivity index (χ0n) is 19.7. The standard InChI is InChI=1S/C21H33IN4O6S/c1-9(2)15-18(28)23-12-8-33-11(5)17(26(6)20(12)30)19(29)25-16(10(3)4)21(31)32-13(22)7-14(27)24-15/h9-13,15-17H,7-8H2,1-6H3,(H,23,28)(H,24,27)(H,25,29)/t11?,12-,13-,15-,16+,17?/m1/s1. The molecule has 2 aliphatic rings. The van der Waals surface area contributed by atoms with E-state index in [0.717, 1.165) is 0 Å². The van der Waals surface area contributed by atoms with Crippen LogP contribution < -0.4 is 16.0 Å². The SMILES string of the molecule is CC1SC[C@H]2NC(=O)[C@@H](C(C)C)NC(=O)C[C@H](I)OC(=O)[C@H](C(C)C)NC(=O)C1N(C)C2=O. The van der Waals surface area contributed by atoms with Crippen molar-refractivity contribution in [3.63, 3.8) is 0 Å². The number of alkyl halides is 1. The number of nitrogens with one attached hydrogen (secondary N) is 3. The fourth-order valence-corrected chi connectivity index (χ4v) is 5.61. The van der Waals surface area contributed by atoms with E-state index < -0.39 is 57.9 Å². The summed E-state index contributed by atoms with van der Waals surface area (Å²) >= 11 is 3.23. The number of cyclic esters (lactones) is 1. The van der Waals surface area contributed by atoms with E-state index in [0.29, 0.717) is 0 Å². The molecule has 2 saturated heterocycles. The molecule has 2 unspecified atom stereocenters. The van der Waals surface area contributed by atoms with Crippen molar-refractivity contribution in [3.8, 4) is 0 Å². The zero-order chi connectivity index (χ0) is 25.0. The number of amides is 4. The zero-order valence-corrected chi connectivity index (χ0v) is 22.7. The van der Waals surface area contributed by atoms with E-state index >= 15 is 0 Å². The second kappa shape index (κ2) is 11.7. The van der Waals surface area contributed by atoms with Crippen molar-refractivity contribution in [2.45, 2.75) is 74.6 Å². The number of hydrogen-bond donors (Lipinski definition) is 3. The molecule has 2 aliphatic heterocycles. The topological polar surface area (TPSA) is 134 Å². The summed E-state index contributed by atoms with van der Waals surface area (Å²) in [6.45, 7) is 8.96. The van der Waals surface area contributed by atoms with E-state index in [2.05, 4.69) is 16.0 Å². The Morgan fingerprint density at radius 1 is 0.970 bits per heavy atom. The number of esters is 1. The highest BCUT2D eigenvalue weighted by molar-refractivity contribution is 14.1. The minimum Gasteiger partial charge on any atom is -0.450 e. The monoisotopic (exact) mass is 596 g/mol. The van der Waals surface area contributed by atoms with Crippen LogP contribution in [0.25, 0.3) is 0 Å². The molecule has 0 aliphatic carbocycles. The lowest BCUT2D eigenvalue weighted by molar-refractivity contribution is -0.152. The lowest BCUT2D eigenvalue weighted by Crippen LogP contribution is -2.60. The summed E-state index contributed by atoms with van der Waals surface area (Å²) in [4.78, 5) is 66.0. The predicted octanol–water partition coefficient (Wildman–Crippen LogP) is 0.423. The van der Waals surface area contributed by atoms with Crippen molar-refractivity contribution in [3.05, 3.63) is 0 Å². The molecule has 0 aromatic rings. The Labute approximate surface area is 212 Å². The maximum absolute atomic E-state index is 13.2. The van der Waals surface area contributed by atoms with Crippen molar-refractivity contribution in [2.24, 2.45) is 11.8 Å². The van der Waals surface area contributed by atoms with Gasteiger partial charge in [-0.2, -0.15) is 11.8 Å². The molecule has 2 heterocycles. The van der Waals surface area contributed by atoms with E-state index in [-0.39, 0.29) is 29.3 Å². The van der Waals surface area contributed by atoms with Gasteiger partial charge in [-0.05, 0) is 34.4 Å². The highest BCUT2D eigenvalue weighted by atomic mass is 127. The van der Waals surface area contributed by atoms with Gasteiger partial charge in [0.25, 0.3) is 0 Å². The highest BCUT2D eigenvalue weighted by Crippen LogP contribution is 2.25. The third-order valence-corrected chi connectivity index (χ3v) is 7.70. The Bertz CT molecular complexity index is 795. The van der Waals surface area contributed by atoms with Crippen LogP contribution in [0, 0.1) is 11.8 Å². The number of rotatable bonds is 2. The van der Waals surface area contributed by atoms with Gasteiger partial charge < -0.3 is 25.6 Å². The van der Waals surface area contributed by atoms with Gasteiger partial charge in [0, 0.05) is 18.1 Å². The fraction of sp³-hybridized carbons (Fsp3) is 0.762. The molecule has 2 bridgehead atoms. The fourth-order valence-electron chi connectivity index (χ4n) is 3.75. The lowest BCUT2D eigenvalue weighted by atomic mass is 10.0. The summed E-state index contributed by atoms with van der Waals surface area (Å²) in [5, 5.41) is 7.90. The van der Waals surface area contributed by atoms with E-state index in [4.69, 9.17) is 4.74 Å². The predicted molar refractivity (Wildman–Crippen MR) is 132 cm³/mol. The number of fused-ring (bicyclic) bond motifs is 3. The van der Waals surface area contributed by atoms with Gasteiger partial charge in [-0.3, -0.25) is 19.2 Å². The third-order valence-electron chi connectivity index (χ3n) is 5.69. The quantitative estimate of drug-likeness (QED) is 0.239. The molecule has 12 heteroatoms. The van der Waals surface area contributed by atoms with Crippen LogP contribution in [0.1, 0.15) is 41.0 Å². The van der Waals surface area contributed by atoms with Crippen LogP contribution in [-0.2, 0) is 28.7 Å². The van der Waals surface area contributed by atoms with Crippen LogP contribution in [0.2, 0.25) is 0 Å². The molecule has 33 heavy (non-hydrogen) atoms. The molecule has 0 spiro atoms. The number of likely N-dealkylation sites (N-methyl/N-ethyl adjacent to an activating group) is 1. The van der Waals surface area contributed by atoms with Crippen molar-refractivity contribution in [1.82, 2.24) is 20.9 Å². The minimum atomic E-state index is -0.936. The van der Waals surface area contributed by atoms with Crippen LogP contribution in [-0.4, -0.2) is 80.8 Å². The number of halogens is 1. The summed E-state index contributed by atoms with van der Waals surface area (Å²) in [6, 6.07) is -3.48. The van der Waals surface area contributed by atoms with Crippen molar-refractivity contribution >= 4 is 64.0 Å². The van der Waals surface area contributed by atoms with Gasteiger partial charge in [-0.1, -0.05) is 34.6 Å². The van der Waals surface area contributed by atoms with Gasteiger partial charge in [0.1, 0.15) is 24.2 Å². The average Bonchev–Trinajstić information content (AvgIpc) is 2.80. The number of ether oxygens (including phenoxy) is 1. The second-order valence-electron chi connectivity index (χ2n) is 9.06. The van der Waals surface area contributed by atoms with Gasteiger partial charge in [0.15, 0.2) is 4.11 Å². The van der Waals surface area contributed by atoms with Gasteiger partial charge >= 0.3 is 5.97 Å². The Morgan fingerprint density at radius 3 is 2.15 bits per heavy atom. The second-order valence-corrected chi connectivity index (χ2v) is 11.9. The molecule has 10 nitrogen and oxygen atoms in total. The first-order valence-corrected chi connectivity index (χ1v) is 13.3. The molecule has 6 atom stereocenters. The molecule has 4 amide bonds. The van der Waals surface area contributed by atoms with Crippen LogP contribution in [0.4, 0.5) is 0 Å². The molecular weight excluding hydrogens is 563 g/mol. The highest BCUT2D eigenvalue weighted by Gasteiger charge is 2.42. The molecule has 0 saturated carbocycles. The van der Waals surface area contributed by atoms with Crippen LogP contribution in [0.15, 0.2) is 0 Å². The largest absolute Gasteiger partial charge is 0.450 e. The number of hydrogen-bond acceptors (Lipinski definition) is 7. The maximum atomic E-state index is 13.2. The van der Waals surface area contributed by atoms with Gasteiger partial charge in [-0.25, -0.2) is 4.79 Å². The third kappa shape index (κ3) is 6.96. The number of carbonyl (C=O) groups excluding carboxylic acids is 5. The van der Waals surface area contributed by atoms with Crippen LogP contribution in [0.5, 0.6) is 0 Å². The van der Waals surface area contributed by atoms with E-state index in [1.54, 1.807) is 27.7 Å². The molecule has 2 rings (SSSR count). The Kier molecular flexibility index (Phi) is 9.82. The number of carbonyl (C=O) groups is 5. The molecule has 0 radical (unpaired) electrons. The van der Waals surface area contributed by atoms with Crippen molar-refractivity contribution in [1.29, 1.82) is 0 Å². The number of thioether (sulfide) groups is 1. The van der Waals surface area contributed by atoms with Crippen LogP contribution >= 0.6 is 34.4 Å². The first-order valence-electron chi connectivity index (χ1n) is 11.0. The molecule has 0 aromatic carbocycles. The summed E-state index contributed by atoms with van der Waals surface area (Å²) in [5.41, 5.74) is 0. The maximum Gasteiger partial charge on any atom is 0.329 e.